The van der Waals surface area contributed by atoms with E-state index in [9.17, 15) is 9.59 Å². The van der Waals surface area contributed by atoms with Crippen molar-refractivity contribution in [2.75, 3.05) is 23.7 Å². The number of hydrogen-bond acceptors (Lipinski definition) is 4. The first-order valence-corrected chi connectivity index (χ1v) is 9.42. The third-order valence-corrected chi connectivity index (χ3v) is 4.94. The number of thiazole rings is 1. The summed E-state index contributed by atoms with van der Waals surface area (Å²) in [6, 6.07) is 6.50. The first-order valence-electron chi connectivity index (χ1n) is 8.16. The molecule has 1 aliphatic rings. The summed E-state index contributed by atoms with van der Waals surface area (Å²) in [5, 5.41) is 8.17. The van der Waals surface area contributed by atoms with Gasteiger partial charge in [0.15, 0.2) is 5.13 Å². The van der Waals surface area contributed by atoms with Gasteiger partial charge in [-0.15, -0.1) is 11.3 Å². The minimum atomic E-state index is -0.398. The van der Waals surface area contributed by atoms with Gasteiger partial charge in [0.1, 0.15) is 0 Å². The van der Waals surface area contributed by atoms with E-state index in [1.165, 1.54) is 17.8 Å². The fourth-order valence-electron chi connectivity index (χ4n) is 2.68. The van der Waals surface area contributed by atoms with Crippen LogP contribution in [0.3, 0.4) is 0 Å². The van der Waals surface area contributed by atoms with Gasteiger partial charge in [-0.05, 0) is 37.5 Å². The summed E-state index contributed by atoms with van der Waals surface area (Å²) in [5.41, 5.74) is 1.28. The van der Waals surface area contributed by atoms with E-state index in [0.717, 1.165) is 25.9 Å². The van der Waals surface area contributed by atoms with Crippen molar-refractivity contribution < 1.29 is 9.59 Å². The summed E-state index contributed by atoms with van der Waals surface area (Å²) in [6.07, 6.45) is 3.60. The number of carbonyl (C=O) groups excluding carboxylic acids is 2. The number of anilines is 2. The lowest BCUT2D eigenvalue weighted by Crippen LogP contribution is -2.36. The van der Waals surface area contributed by atoms with Gasteiger partial charge in [0, 0.05) is 29.2 Å². The smallest absolute Gasteiger partial charge is 0.325 e. The number of piperidine rings is 1. The summed E-state index contributed by atoms with van der Waals surface area (Å²) in [5.74, 6) is 0.0972. The maximum absolute atomic E-state index is 12.3. The second-order valence-corrected chi connectivity index (χ2v) is 7.15. The van der Waals surface area contributed by atoms with Gasteiger partial charge in [-0.25, -0.2) is 9.78 Å². The van der Waals surface area contributed by atoms with Crippen LogP contribution >= 0.6 is 22.9 Å². The van der Waals surface area contributed by atoms with Gasteiger partial charge in [-0.1, -0.05) is 17.7 Å². The Bertz CT molecular complexity index is 759. The van der Waals surface area contributed by atoms with Gasteiger partial charge in [0.2, 0.25) is 5.91 Å². The second-order valence-electron chi connectivity index (χ2n) is 5.85. The molecule has 132 valence electrons. The molecule has 0 atom stereocenters. The van der Waals surface area contributed by atoms with Gasteiger partial charge < -0.3 is 10.2 Å². The van der Waals surface area contributed by atoms with E-state index in [1.54, 1.807) is 29.6 Å². The van der Waals surface area contributed by atoms with Crippen molar-refractivity contribution in [3.05, 3.63) is 40.4 Å². The normalized spacial score (nSPS) is 14.2. The lowest BCUT2D eigenvalue weighted by molar-refractivity contribution is -0.131. The summed E-state index contributed by atoms with van der Waals surface area (Å²) in [7, 11) is 0. The Kier molecular flexibility index (Phi) is 5.88. The van der Waals surface area contributed by atoms with E-state index in [2.05, 4.69) is 15.6 Å². The SMILES string of the molecule is O=C(Nc1cccc(Cl)c1)Nc1nc(CC(=O)N2CCCCC2)cs1. The van der Waals surface area contributed by atoms with Crippen molar-refractivity contribution in [1.82, 2.24) is 9.88 Å². The van der Waals surface area contributed by atoms with Crippen LogP contribution in [0.2, 0.25) is 5.02 Å². The van der Waals surface area contributed by atoms with Crippen molar-refractivity contribution in [2.45, 2.75) is 25.7 Å². The first-order chi connectivity index (χ1) is 12.1. The highest BCUT2D eigenvalue weighted by molar-refractivity contribution is 7.14. The number of nitrogens with zero attached hydrogens (tertiary/aromatic N) is 2. The molecule has 0 saturated carbocycles. The lowest BCUT2D eigenvalue weighted by Gasteiger charge is -2.26. The zero-order chi connectivity index (χ0) is 17.6. The number of halogens is 1. The molecule has 25 heavy (non-hydrogen) atoms. The van der Waals surface area contributed by atoms with E-state index < -0.39 is 6.03 Å². The number of rotatable bonds is 4. The number of likely N-dealkylation sites (tertiary alicyclic amines) is 1. The van der Waals surface area contributed by atoms with E-state index in [1.807, 2.05) is 4.90 Å². The molecule has 0 radical (unpaired) electrons. The molecule has 6 nitrogen and oxygen atoms in total. The van der Waals surface area contributed by atoms with Crippen molar-refractivity contribution in [3.8, 4) is 0 Å². The maximum Gasteiger partial charge on any atom is 0.325 e. The molecule has 2 aromatic rings. The van der Waals surface area contributed by atoms with E-state index in [4.69, 9.17) is 11.6 Å². The molecule has 0 unspecified atom stereocenters. The fourth-order valence-corrected chi connectivity index (χ4v) is 3.58. The number of urea groups is 1. The Morgan fingerprint density at radius 1 is 1.20 bits per heavy atom. The topological polar surface area (TPSA) is 74.3 Å². The van der Waals surface area contributed by atoms with Crippen molar-refractivity contribution in [2.24, 2.45) is 0 Å². The Hall–Kier alpha value is -2.12. The molecule has 1 aliphatic heterocycles. The van der Waals surface area contributed by atoms with Gasteiger partial charge in [-0.2, -0.15) is 0 Å². The molecular weight excluding hydrogens is 360 g/mol. The van der Waals surface area contributed by atoms with E-state index >= 15 is 0 Å². The van der Waals surface area contributed by atoms with Crippen molar-refractivity contribution in [1.29, 1.82) is 0 Å². The molecule has 1 aromatic carbocycles. The molecule has 0 spiro atoms. The van der Waals surface area contributed by atoms with Crippen molar-refractivity contribution >= 4 is 45.7 Å². The molecule has 1 saturated heterocycles. The Balaban J connectivity index is 1.52. The van der Waals surface area contributed by atoms with E-state index in [0.29, 0.717) is 21.5 Å². The highest BCUT2D eigenvalue weighted by atomic mass is 35.5. The van der Waals surface area contributed by atoms with Crippen LogP contribution in [0.4, 0.5) is 15.6 Å². The third-order valence-electron chi connectivity index (χ3n) is 3.90. The number of nitrogens with one attached hydrogen (secondary N) is 2. The van der Waals surface area contributed by atoms with Crippen LogP contribution in [0.15, 0.2) is 29.6 Å². The molecular formula is C17H19ClN4O2S. The van der Waals surface area contributed by atoms with Crippen LogP contribution in [0.25, 0.3) is 0 Å². The van der Waals surface area contributed by atoms with Crippen molar-refractivity contribution in [3.63, 3.8) is 0 Å². The van der Waals surface area contributed by atoms with Crippen LogP contribution < -0.4 is 10.6 Å². The molecule has 0 bridgehead atoms. The first kappa shape index (κ1) is 17.7. The largest absolute Gasteiger partial charge is 0.342 e. The fraction of sp³-hybridized carbons (Fsp3) is 0.353. The monoisotopic (exact) mass is 378 g/mol. The third kappa shape index (κ3) is 5.17. The molecule has 2 N–H and O–H groups in total. The Morgan fingerprint density at radius 2 is 2.00 bits per heavy atom. The minimum Gasteiger partial charge on any atom is -0.342 e. The number of carbonyl (C=O) groups is 2. The second kappa shape index (κ2) is 8.31. The molecule has 8 heteroatoms. The quantitative estimate of drug-likeness (QED) is 0.844. The van der Waals surface area contributed by atoms with Gasteiger partial charge in [-0.3, -0.25) is 10.1 Å². The van der Waals surface area contributed by atoms with Gasteiger partial charge >= 0.3 is 6.03 Å². The van der Waals surface area contributed by atoms with Crippen LogP contribution in [0.5, 0.6) is 0 Å². The molecule has 3 rings (SSSR count). The Morgan fingerprint density at radius 3 is 2.76 bits per heavy atom. The molecule has 1 fully saturated rings. The Labute approximate surface area is 155 Å². The predicted molar refractivity (Wildman–Crippen MR) is 100 cm³/mol. The summed E-state index contributed by atoms with van der Waals surface area (Å²) >= 11 is 7.19. The number of amides is 3. The number of hydrogen-bond donors (Lipinski definition) is 2. The van der Waals surface area contributed by atoms with Crippen LogP contribution in [0, 0.1) is 0 Å². The maximum atomic E-state index is 12.3. The highest BCUT2D eigenvalue weighted by Gasteiger charge is 2.18. The molecule has 3 amide bonds. The lowest BCUT2D eigenvalue weighted by atomic mass is 10.1. The summed E-state index contributed by atoms with van der Waals surface area (Å²) < 4.78 is 0. The average molecular weight is 379 g/mol. The zero-order valence-electron chi connectivity index (χ0n) is 13.6. The molecule has 2 heterocycles. The van der Waals surface area contributed by atoms with Crippen LogP contribution in [-0.2, 0) is 11.2 Å². The van der Waals surface area contributed by atoms with Gasteiger partial charge in [0.05, 0.1) is 12.1 Å². The highest BCUT2D eigenvalue weighted by Crippen LogP contribution is 2.19. The molecule has 0 aliphatic carbocycles. The summed E-state index contributed by atoms with van der Waals surface area (Å²) in [6.45, 7) is 1.66. The minimum absolute atomic E-state index is 0.0972. The van der Waals surface area contributed by atoms with Crippen LogP contribution in [-0.4, -0.2) is 34.9 Å². The predicted octanol–water partition coefficient (Wildman–Crippen LogP) is 4.00. The van der Waals surface area contributed by atoms with Crippen LogP contribution in [0.1, 0.15) is 25.0 Å². The summed E-state index contributed by atoms with van der Waals surface area (Å²) in [4.78, 5) is 30.5. The van der Waals surface area contributed by atoms with Gasteiger partial charge in [0.25, 0.3) is 0 Å². The average Bonchev–Trinajstić information content (AvgIpc) is 3.02. The standard InChI is InChI=1S/C17H19ClN4O2S/c18-12-5-4-6-13(9-12)19-16(24)21-17-20-14(11-25-17)10-15(23)22-7-2-1-3-8-22/h4-6,9,11H,1-3,7-8,10H2,(H2,19,20,21,24). The van der Waals surface area contributed by atoms with E-state index in [-0.39, 0.29) is 12.3 Å². The number of aromatic nitrogens is 1. The molecule has 1 aromatic heterocycles. The zero-order valence-corrected chi connectivity index (χ0v) is 15.2. The number of benzene rings is 1.